The Balaban J connectivity index is 1.74. The van der Waals surface area contributed by atoms with Crippen molar-refractivity contribution in [3.05, 3.63) is 59.6 Å². The van der Waals surface area contributed by atoms with Crippen molar-refractivity contribution in [3.63, 3.8) is 0 Å². The molecule has 1 amide bonds. The molecule has 1 N–H and O–H groups in total. The summed E-state index contributed by atoms with van der Waals surface area (Å²) in [6.45, 7) is 1.92. The molecule has 0 saturated carbocycles. The highest BCUT2D eigenvalue weighted by Gasteiger charge is 2.11. The zero-order valence-electron chi connectivity index (χ0n) is 11.7. The number of aryl methyl sites for hydroxylation is 1. The van der Waals surface area contributed by atoms with Crippen molar-refractivity contribution in [2.75, 3.05) is 5.32 Å². The number of carbonyl (C=O) groups excluding carboxylic acids is 1. The van der Waals surface area contributed by atoms with Gasteiger partial charge in [-0.1, -0.05) is 0 Å². The first-order valence-corrected chi connectivity index (χ1v) is 7.30. The largest absolute Gasteiger partial charge is 0.456 e. The van der Waals surface area contributed by atoms with Gasteiger partial charge in [0.2, 0.25) is 0 Å². The fourth-order valence-corrected chi connectivity index (χ4v) is 2.38. The molecule has 22 heavy (non-hydrogen) atoms. The van der Waals surface area contributed by atoms with Crippen LogP contribution >= 0.6 is 11.3 Å². The molecule has 0 aromatic carbocycles. The van der Waals surface area contributed by atoms with E-state index in [0.717, 1.165) is 4.88 Å². The number of thiazole rings is 1. The van der Waals surface area contributed by atoms with Gasteiger partial charge in [-0.05, 0) is 25.1 Å². The zero-order valence-corrected chi connectivity index (χ0v) is 12.5. The molecular weight excluding hydrogens is 300 g/mol. The van der Waals surface area contributed by atoms with Crippen molar-refractivity contribution in [1.29, 1.82) is 0 Å². The van der Waals surface area contributed by atoms with Gasteiger partial charge >= 0.3 is 0 Å². The van der Waals surface area contributed by atoms with Crippen LogP contribution in [0.15, 0.2) is 49.1 Å². The van der Waals surface area contributed by atoms with E-state index in [2.05, 4.69) is 20.3 Å². The third-order valence-electron chi connectivity index (χ3n) is 2.68. The lowest BCUT2D eigenvalue weighted by Gasteiger charge is -2.06. The van der Waals surface area contributed by atoms with Crippen LogP contribution in [-0.4, -0.2) is 20.9 Å². The van der Waals surface area contributed by atoms with Gasteiger partial charge in [-0.3, -0.25) is 20.1 Å². The predicted molar refractivity (Wildman–Crippen MR) is 83.4 cm³/mol. The molecule has 0 fully saturated rings. The SMILES string of the molecule is Cc1cnc(NC(=O)c2cc(Oc3cccnc3)ccn2)s1. The Kier molecular flexibility index (Phi) is 4.06. The number of amides is 1. The van der Waals surface area contributed by atoms with Gasteiger partial charge in [-0.2, -0.15) is 0 Å². The van der Waals surface area contributed by atoms with E-state index >= 15 is 0 Å². The second-order valence-electron chi connectivity index (χ2n) is 4.40. The fraction of sp³-hybridized carbons (Fsp3) is 0.0667. The van der Waals surface area contributed by atoms with Gasteiger partial charge in [0.1, 0.15) is 17.2 Å². The van der Waals surface area contributed by atoms with E-state index in [9.17, 15) is 4.79 Å². The van der Waals surface area contributed by atoms with Crippen molar-refractivity contribution >= 4 is 22.4 Å². The van der Waals surface area contributed by atoms with Gasteiger partial charge in [0.05, 0.1) is 6.20 Å². The number of carbonyl (C=O) groups is 1. The number of hydrogen-bond donors (Lipinski definition) is 1. The number of ether oxygens (including phenoxy) is 1. The molecule has 0 unspecified atom stereocenters. The first kappa shape index (κ1) is 14.2. The minimum Gasteiger partial charge on any atom is -0.456 e. The summed E-state index contributed by atoms with van der Waals surface area (Å²) in [5, 5.41) is 3.25. The molecule has 3 aromatic rings. The molecule has 0 aliphatic heterocycles. The molecule has 3 rings (SSSR count). The zero-order chi connectivity index (χ0) is 15.4. The fourth-order valence-electron chi connectivity index (χ4n) is 1.72. The van der Waals surface area contributed by atoms with Crippen LogP contribution < -0.4 is 10.1 Å². The van der Waals surface area contributed by atoms with Crippen LogP contribution in [0.25, 0.3) is 0 Å². The summed E-state index contributed by atoms with van der Waals surface area (Å²) in [5.74, 6) is 0.782. The molecular formula is C15H12N4O2S. The third kappa shape index (κ3) is 3.44. The van der Waals surface area contributed by atoms with Crippen molar-refractivity contribution in [2.45, 2.75) is 6.92 Å². The van der Waals surface area contributed by atoms with Gasteiger partial charge < -0.3 is 4.74 Å². The molecule has 0 bridgehead atoms. The minimum absolute atomic E-state index is 0.259. The van der Waals surface area contributed by atoms with E-state index in [0.29, 0.717) is 16.6 Å². The highest BCUT2D eigenvalue weighted by atomic mass is 32.1. The summed E-state index contributed by atoms with van der Waals surface area (Å²) in [7, 11) is 0. The number of nitrogens with zero attached hydrogens (tertiary/aromatic N) is 3. The van der Waals surface area contributed by atoms with Crippen LogP contribution in [0.2, 0.25) is 0 Å². The second-order valence-corrected chi connectivity index (χ2v) is 5.63. The number of pyridine rings is 2. The van der Waals surface area contributed by atoms with Crippen LogP contribution in [-0.2, 0) is 0 Å². The summed E-state index contributed by atoms with van der Waals surface area (Å²) < 4.78 is 5.63. The molecule has 6 nitrogen and oxygen atoms in total. The maximum absolute atomic E-state index is 12.2. The molecule has 3 aromatic heterocycles. The molecule has 0 saturated heterocycles. The average Bonchev–Trinajstić information content (AvgIpc) is 2.93. The smallest absolute Gasteiger partial charge is 0.276 e. The molecule has 7 heteroatoms. The van der Waals surface area contributed by atoms with Gasteiger partial charge in [0.25, 0.3) is 5.91 Å². The Bertz CT molecular complexity index is 789. The van der Waals surface area contributed by atoms with E-state index in [1.807, 2.05) is 6.92 Å². The molecule has 0 spiro atoms. The quantitative estimate of drug-likeness (QED) is 0.800. The normalized spacial score (nSPS) is 10.2. The standard InChI is InChI=1S/C15H12N4O2S/c1-10-8-18-15(22-10)19-14(20)13-7-11(4-6-17-13)21-12-3-2-5-16-9-12/h2-9H,1H3,(H,18,19,20). The molecule has 0 atom stereocenters. The van der Waals surface area contributed by atoms with Gasteiger partial charge in [0.15, 0.2) is 5.13 Å². The maximum atomic E-state index is 12.2. The van der Waals surface area contributed by atoms with Crippen LogP contribution in [0.4, 0.5) is 5.13 Å². The molecule has 0 aliphatic rings. The first-order chi connectivity index (χ1) is 10.7. The Labute approximate surface area is 130 Å². The summed E-state index contributed by atoms with van der Waals surface area (Å²) in [6.07, 6.45) is 6.48. The lowest BCUT2D eigenvalue weighted by atomic mass is 10.3. The molecule has 3 heterocycles. The Hall–Kier alpha value is -2.80. The van der Waals surface area contributed by atoms with E-state index in [1.165, 1.54) is 17.5 Å². The van der Waals surface area contributed by atoms with Gasteiger partial charge in [-0.25, -0.2) is 4.98 Å². The van der Waals surface area contributed by atoms with E-state index in [1.54, 1.807) is 42.9 Å². The number of aromatic nitrogens is 3. The van der Waals surface area contributed by atoms with Crippen LogP contribution in [0.3, 0.4) is 0 Å². The highest BCUT2D eigenvalue weighted by molar-refractivity contribution is 7.15. The Morgan fingerprint density at radius 1 is 1.18 bits per heavy atom. The first-order valence-electron chi connectivity index (χ1n) is 6.48. The second kappa shape index (κ2) is 6.31. The Morgan fingerprint density at radius 3 is 2.82 bits per heavy atom. The van der Waals surface area contributed by atoms with E-state index < -0.39 is 0 Å². The predicted octanol–water partition coefficient (Wildman–Crippen LogP) is 3.29. The van der Waals surface area contributed by atoms with Crippen LogP contribution in [0.1, 0.15) is 15.4 Å². The topological polar surface area (TPSA) is 77.0 Å². The number of nitrogens with one attached hydrogen (secondary N) is 1. The summed E-state index contributed by atoms with van der Waals surface area (Å²) in [6, 6.07) is 6.81. The number of anilines is 1. The van der Waals surface area contributed by atoms with E-state index in [-0.39, 0.29) is 11.6 Å². The lowest BCUT2D eigenvalue weighted by molar-refractivity contribution is 0.102. The monoisotopic (exact) mass is 312 g/mol. The average molecular weight is 312 g/mol. The van der Waals surface area contributed by atoms with Crippen molar-refractivity contribution in [2.24, 2.45) is 0 Å². The molecule has 0 aliphatic carbocycles. The lowest BCUT2D eigenvalue weighted by Crippen LogP contribution is -2.13. The van der Waals surface area contributed by atoms with Crippen LogP contribution in [0, 0.1) is 6.92 Å². The maximum Gasteiger partial charge on any atom is 0.276 e. The summed E-state index contributed by atoms with van der Waals surface area (Å²) >= 11 is 1.41. The van der Waals surface area contributed by atoms with Gasteiger partial charge in [-0.15, -0.1) is 11.3 Å². The third-order valence-corrected chi connectivity index (χ3v) is 3.50. The van der Waals surface area contributed by atoms with Crippen molar-refractivity contribution in [3.8, 4) is 11.5 Å². The number of rotatable bonds is 4. The summed E-state index contributed by atoms with van der Waals surface area (Å²) in [5.41, 5.74) is 0.259. The van der Waals surface area contributed by atoms with Crippen molar-refractivity contribution < 1.29 is 9.53 Å². The molecule has 110 valence electrons. The van der Waals surface area contributed by atoms with Crippen LogP contribution in [0.5, 0.6) is 11.5 Å². The van der Waals surface area contributed by atoms with Crippen molar-refractivity contribution in [1.82, 2.24) is 15.0 Å². The number of hydrogen-bond acceptors (Lipinski definition) is 6. The molecule has 0 radical (unpaired) electrons. The Morgan fingerprint density at radius 2 is 2.09 bits per heavy atom. The van der Waals surface area contributed by atoms with E-state index in [4.69, 9.17) is 4.74 Å². The summed E-state index contributed by atoms with van der Waals surface area (Å²) in [4.78, 5) is 25.3. The highest BCUT2D eigenvalue weighted by Crippen LogP contribution is 2.21. The minimum atomic E-state index is -0.328. The van der Waals surface area contributed by atoms with Gasteiger partial charge in [0, 0.05) is 29.5 Å².